The maximum Gasteiger partial charge on any atom is 0.459 e. The molecule has 0 aromatic heterocycles. The molecule has 0 unspecified atom stereocenters. The summed E-state index contributed by atoms with van der Waals surface area (Å²) in [5.74, 6) is -15.2. The van der Waals surface area contributed by atoms with Crippen LogP contribution in [0.25, 0.3) is 0 Å². The Kier molecular flexibility index (Phi) is 4.81. The van der Waals surface area contributed by atoms with E-state index >= 15 is 0 Å². The third kappa shape index (κ3) is 2.48. The van der Waals surface area contributed by atoms with Gasteiger partial charge in [-0.3, -0.25) is 4.90 Å². The fraction of sp³-hybridized carbons (Fsp3) is 1.00. The van der Waals surface area contributed by atoms with Gasteiger partial charge in [-0.1, -0.05) is 0 Å². The van der Waals surface area contributed by atoms with Crippen LogP contribution < -0.4 is 0 Å². The molecular weight excluding hydrogens is 357 g/mol. The van der Waals surface area contributed by atoms with Gasteiger partial charge in [-0.15, -0.1) is 0 Å². The fourth-order valence-electron chi connectivity index (χ4n) is 1.71. The highest BCUT2D eigenvalue weighted by Crippen LogP contribution is 2.61. The number of hydrogen-bond donors (Lipinski definition) is 0. The molecule has 0 spiro atoms. The van der Waals surface area contributed by atoms with E-state index in [1.807, 2.05) is 0 Å². The number of rotatable bonds is 3. The highest BCUT2D eigenvalue weighted by Gasteiger charge is 2.93. The average molecular weight is 363 g/mol. The maximum atomic E-state index is 13.3. The minimum absolute atomic E-state index is 0.346. The molecule has 0 N–H and O–H groups in total. The summed E-state index contributed by atoms with van der Waals surface area (Å²) in [5, 5.41) is 0. The third-order valence-corrected chi connectivity index (χ3v) is 2.70. The molecule has 14 heteroatoms. The van der Waals surface area contributed by atoms with Gasteiger partial charge in [-0.25, -0.2) is 0 Å². The minimum Gasteiger partial charge on any atom is -0.283 e. The zero-order valence-electron chi connectivity index (χ0n) is 10.4. The van der Waals surface area contributed by atoms with Crippen molar-refractivity contribution in [1.82, 2.24) is 4.90 Å². The molecule has 0 saturated heterocycles. The van der Waals surface area contributed by atoms with Crippen molar-refractivity contribution in [2.24, 2.45) is 0 Å². The quantitative estimate of drug-likeness (QED) is 0.678. The molecule has 0 atom stereocenters. The van der Waals surface area contributed by atoms with Gasteiger partial charge in [0.1, 0.15) is 0 Å². The Morgan fingerprint density at radius 3 is 0.864 bits per heavy atom. The van der Waals surface area contributed by atoms with Crippen LogP contribution in [0.2, 0.25) is 0 Å². The summed E-state index contributed by atoms with van der Waals surface area (Å²) < 4.78 is 163. The van der Waals surface area contributed by atoms with Gasteiger partial charge < -0.3 is 0 Å². The second kappa shape index (κ2) is 5.03. The molecule has 0 aliphatic heterocycles. The van der Waals surface area contributed by atoms with Gasteiger partial charge in [0.25, 0.3) is 5.54 Å². The summed E-state index contributed by atoms with van der Waals surface area (Å²) in [7, 11) is -0.692. The zero-order chi connectivity index (χ0) is 18.6. The second-order valence-electron chi connectivity index (χ2n) is 4.25. The highest BCUT2D eigenvalue weighted by atomic mass is 19.4. The Hall–Kier alpha value is -0.950. The highest BCUT2D eigenvalue weighted by molar-refractivity contribution is 5.17. The van der Waals surface area contributed by atoms with Crippen molar-refractivity contribution in [3.63, 3.8) is 0 Å². The Balaban J connectivity index is 6.85. The molecule has 0 heterocycles. The lowest BCUT2D eigenvalue weighted by molar-refractivity contribution is -0.450. The molecule has 0 rings (SSSR count). The van der Waals surface area contributed by atoms with Gasteiger partial charge in [-0.05, 0) is 14.1 Å². The molecule has 134 valence electrons. The topological polar surface area (TPSA) is 3.24 Å². The van der Waals surface area contributed by atoms with Crippen molar-refractivity contribution in [2.45, 2.75) is 35.9 Å². The molecule has 1 nitrogen and oxygen atoms in total. The van der Waals surface area contributed by atoms with E-state index in [9.17, 15) is 57.1 Å². The lowest BCUT2D eigenvalue weighted by Gasteiger charge is -2.48. The molecule has 22 heavy (non-hydrogen) atoms. The Morgan fingerprint density at radius 1 is 0.455 bits per heavy atom. The van der Waals surface area contributed by atoms with Crippen LogP contribution in [0.1, 0.15) is 0 Å². The van der Waals surface area contributed by atoms with Gasteiger partial charge in [0.05, 0.1) is 0 Å². The number of nitrogens with zero attached hydrogens (tertiary/aromatic N) is 1. The lowest BCUT2D eigenvalue weighted by atomic mass is 9.83. The van der Waals surface area contributed by atoms with E-state index in [4.69, 9.17) is 0 Å². The van der Waals surface area contributed by atoms with E-state index in [2.05, 4.69) is 0 Å². The van der Waals surface area contributed by atoms with Crippen LogP contribution in [0, 0.1) is 0 Å². The Labute approximate surface area is 113 Å². The van der Waals surface area contributed by atoms with E-state index in [0.717, 1.165) is 0 Å². The summed E-state index contributed by atoms with van der Waals surface area (Å²) in [6, 6.07) is 0. The average Bonchev–Trinajstić information content (AvgIpc) is 2.08. The van der Waals surface area contributed by atoms with E-state index in [-0.39, 0.29) is 14.1 Å². The third-order valence-electron chi connectivity index (χ3n) is 2.70. The smallest absolute Gasteiger partial charge is 0.283 e. The number of alkyl halides is 13. The van der Waals surface area contributed by atoms with Crippen LogP contribution in [0.5, 0.6) is 0 Å². The normalized spacial score (nSPS) is 16.4. The molecule has 0 amide bonds. The monoisotopic (exact) mass is 363 g/mol. The number of hydrogen-bond acceptors (Lipinski definition) is 1. The molecule has 0 bridgehead atoms. The fourth-order valence-corrected chi connectivity index (χ4v) is 1.71. The van der Waals surface area contributed by atoms with E-state index in [0.29, 0.717) is 0 Å². The summed E-state index contributed by atoms with van der Waals surface area (Å²) in [5.41, 5.74) is -6.76. The molecule has 0 saturated carbocycles. The molecule has 0 aromatic carbocycles. The Morgan fingerprint density at radius 2 is 0.727 bits per heavy atom. The van der Waals surface area contributed by atoms with E-state index in [1.54, 1.807) is 0 Å². The summed E-state index contributed by atoms with van der Waals surface area (Å²) in [6.07, 6.45) is -21.8. The maximum absolute atomic E-state index is 13.3. The van der Waals surface area contributed by atoms with Crippen molar-refractivity contribution in [2.75, 3.05) is 14.1 Å². The first kappa shape index (κ1) is 21.0. The van der Waals surface area contributed by atoms with Crippen LogP contribution in [0.4, 0.5) is 57.1 Å². The first-order chi connectivity index (χ1) is 9.19. The Bertz CT molecular complexity index is 384. The molecule has 0 aliphatic rings. The van der Waals surface area contributed by atoms with Gasteiger partial charge in [-0.2, -0.15) is 57.1 Å². The molecule has 0 fully saturated rings. The molecule has 0 aromatic rings. The van der Waals surface area contributed by atoms with Gasteiger partial charge in [0.2, 0.25) is 0 Å². The van der Waals surface area contributed by atoms with Gasteiger partial charge in [0, 0.05) is 0 Å². The summed E-state index contributed by atoms with van der Waals surface area (Å²) in [6.45, 7) is 0. The lowest BCUT2D eigenvalue weighted by Crippen LogP contribution is -2.80. The zero-order valence-corrected chi connectivity index (χ0v) is 10.4. The van der Waals surface area contributed by atoms with Crippen LogP contribution in [0.3, 0.4) is 0 Å². The van der Waals surface area contributed by atoms with Crippen LogP contribution >= 0.6 is 0 Å². The molecular formula is C8H6F13N. The predicted molar refractivity (Wildman–Crippen MR) is 44.5 cm³/mol. The van der Waals surface area contributed by atoms with Gasteiger partial charge >= 0.3 is 30.4 Å². The first-order valence-corrected chi connectivity index (χ1v) is 4.82. The van der Waals surface area contributed by atoms with Crippen molar-refractivity contribution in [3.8, 4) is 0 Å². The largest absolute Gasteiger partial charge is 0.459 e. The van der Waals surface area contributed by atoms with Crippen molar-refractivity contribution >= 4 is 0 Å². The van der Waals surface area contributed by atoms with E-state index < -0.39 is 40.8 Å². The van der Waals surface area contributed by atoms with Crippen molar-refractivity contribution in [3.05, 3.63) is 0 Å². The van der Waals surface area contributed by atoms with Crippen LogP contribution in [-0.4, -0.2) is 54.9 Å². The standard InChI is InChI=1S/C8H6F13N/c1-22(2)3(6(13,14)15,7(16,17)18)4(9,10)5(11,12)8(19,20)21/h1-2H3. The molecule has 0 radical (unpaired) electrons. The molecule has 0 aliphatic carbocycles. The second-order valence-corrected chi connectivity index (χ2v) is 4.25. The minimum atomic E-state index is -7.60. The van der Waals surface area contributed by atoms with Crippen LogP contribution in [0.15, 0.2) is 0 Å². The van der Waals surface area contributed by atoms with Crippen molar-refractivity contribution < 1.29 is 57.1 Å². The summed E-state index contributed by atoms with van der Waals surface area (Å²) >= 11 is 0. The predicted octanol–water partition coefficient (Wildman–Crippen LogP) is 4.24. The van der Waals surface area contributed by atoms with Crippen LogP contribution in [-0.2, 0) is 0 Å². The van der Waals surface area contributed by atoms with E-state index in [1.165, 1.54) is 0 Å². The number of halogens is 13. The van der Waals surface area contributed by atoms with Gasteiger partial charge in [0.15, 0.2) is 0 Å². The first-order valence-electron chi connectivity index (χ1n) is 4.82. The van der Waals surface area contributed by atoms with Crippen molar-refractivity contribution in [1.29, 1.82) is 0 Å². The SMILES string of the molecule is CN(C)C(C(F)(F)F)(C(F)(F)F)C(F)(F)C(F)(F)C(F)(F)F. The summed E-state index contributed by atoms with van der Waals surface area (Å²) in [4.78, 5) is -1.47.